The molecule has 0 bridgehead atoms. The lowest BCUT2D eigenvalue weighted by molar-refractivity contribution is -0.159. The van der Waals surface area contributed by atoms with E-state index >= 15 is 0 Å². The number of benzene rings is 1. The lowest BCUT2D eigenvalue weighted by Crippen LogP contribution is -2.48. The van der Waals surface area contributed by atoms with E-state index in [9.17, 15) is 27.2 Å². The Morgan fingerprint density at radius 2 is 1.60 bits per heavy atom. The standard InChI is InChI=1S/C12H9F4NO3/c13-5-4-6(14)8(16)9(7(5)15)17-10(18)12(11(19)20)2-1-3-12/h4H,1-3H2,(H,17,18)(H,19,20). The van der Waals surface area contributed by atoms with E-state index in [1.54, 1.807) is 5.32 Å². The number of carbonyl (C=O) groups is 2. The quantitative estimate of drug-likeness (QED) is 0.510. The van der Waals surface area contributed by atoms with Gasteiger partial charge in [0, 0.05) is 6.07 Å². The van der Waals surface area contributed by atoms with Crippen molar-refractivity contribution < 1.29 is 32.3 Å². The first-order valence-corrected chi connectivity index (χ1v) is 5.67. The topological polar surface area (TPSA) is 66.4 Å². The van der Waals surface area contributed by atoms with Crippen LogP contribution in [0.3, 0.4) is 0 Å². The van der Waals surface area contributed by atoms with Crippen molar-refractivity contribution in [3.8, 4) is 0 Å². The SMILES string of the molecule is O=C(O)C1(C(=O)Nc2c(F)c(F)cc(F)c2F)CCC1. The third-order valence-electron chi connectivity index (χ3n) is 3.40. The van der Waals surface area contributed by atoms with Gasteiger partial charge in [-0.15, -0.1) is 0 Å². The molecule has 0 heterocycles. The van der Waals surface area contributed by atoms with E-state index < -0.39 is 46.2 Å². The summed E-state index contributed by atoms with van der Waals surface area (Å²) in [6, 6.07) is -0.00334. The van der Waals surface area contributed by atoms with Crippen LogP contribution in [0.2, 0.25) is 0 Å². The average Bonchev–Trinajstić information content (AvgIpc) is 2.30. The highest BCUT2D eigenvalue weighted by Crippen LogP contribution is 2.42. The van der Waals surface area contributed by atoms with Crippen molar-refractivity contribution in [1.29, 1.82) is 0 Å². The summed E-state index contributed by atoms with van der Waals surface area (Å²) in [5, 5.41) is 10.6. The van der Waals surface area contributed by atoms with Crippen molar-refractivity contribution in [1.82, 2.24) is 0 Å². The van der Waals surface area contributed by atoms with Gasteiger partial charge in [0.1, 0.15) is 11.1 Å². The van der Waals surface area contributed by atoms with Crippen molar-refractivity contribution in [3.05, 3.63) is 29.3 Å². The second-order valence-corrected chi connectivity index (χ2v) is 4.54. The molecule has 8 heteroatoms. The maximum Gasteiger partial charge on any atom is 0.319 e. The van der Waals surface area contributed by atoms with Gasteiger partial charge in [0.25, 0.3) is 0 Å². The van der Waals surface area contributed by atoms with Crippen LogP contribution in [0.1, 0.15) is 19.3 Å². The number of halogens is 4. The van der Waals surface area contributed by atoms with Gasteiger partial charge in [-0.25, -0.2) is 17.6 Å². The Hall–Kier alpha value is -2.12. The number of hydrogen-bond acceptors (Lipinski definition) is 2. The highest BCUT2D eigenvalue weighted by Gasteiger charge is 2.51. The maximum atomic E-state index is 13.4. The van der Waals surface area contributed by atoms with Crippen molar-refractivity contribution >= 4 is 17.6 Å². The van der Waals surface area contributed by atoms with Gasteiger partial charge < -0.3 is 10.4 Å². The number of aliphatic carboxylic acids is 1. The summed E-state index contributed by atoms with van der Waals surface area (Å²) in [5.41, 5.74) is -3.12. The number of anilines is 1. The molecule has 4 nitrogen and oxygen atoms in total. The average molecular weight is 291 g/mol. The predicted octanol–water partition coefficient (Wildman–Crippen LogP) is 2.44. The van der Waals surface area contributed by atoms with Crippen LogP contribution in [0.25, 0.3) is 0 Å². The Labute approximate surface area is 110 Å². The van der Waals surface area contributed by atoms with Crippen molar-refractivity contribution in [2.75, 3.05) is 5.32 Å². The molecule has 1 aromatic carbocycles. The Bertz CT molecular complexity index is 573. The van der Waals surface area contributed by atoms with Gasteiger partial charge >= 0.3 is 5.97 Å². The molecule has 1 aliphatic rings. The summed E-state index contributed by atoms with van der Waals surface area (Å²) in [7, 11) is 0. The molecule has 0 atom stereocenters. The van der Waals surface area contributed by atoms with Gasteiger partial charge in [-0.2, -0.15) is 0 Å². The van der Waals surface area contributed by atoms with E-state index in [0.717, 1.165) is 0 Å². The monoisotopic (exact) mass is 291 g/mol. The molecule has 1 amide bonds. The highest BCUT2D eigenvalue weighted by atomic mass is 19.2. The molecule has 108 valence electrons. The van der Waals surface area contributed by atoms with Gasteiger partial charge in [-0.3, -0.25) is 9.59 Å². The van der Waals surface area contributed by atoms with Crippen LogP contribution in [-0.4, -0.2) is 17.0 Å². The third-order valence-corrected chi connectivity index (χ3v) is 3.40. The van der Waals surface area contributed by atoms with E-state index in [4.69, 9.17) is 5.11 Å². The normalized spacial score (nSPS) is 16.4. The van der Waals surface area contributed by atoms with E-state index in [2.05, 4.69) is 0 Å². The zero-order valence-electron chi connectivity index (χ0n) is 9.97. The van der Waals surface area contributed by atoms with Crippen LogP contribution in [0.15, 0.2) is 6.07 Å². The van der Waals surface area contributed by atoms with Crippen molar-refractivity contribution in [2.24, 2.45) is 5.41 Å². The van der Waals surface area contributed by atoms with Gasteiger partial charge in [-0.05, 0) is 12.8 Å². The molecule has 0 unspecified atom stereocenters. The minimum atomic E-state index is -1.80. The largest absolute Gasteiger partial charge is 0.480 e. The Morgan fingerprint density at radius 1 is 1.10 bits per heavy atom. The van der Waals surface area contributed by atoms with Crippen LogP contribution in [-0.2, 0) is 9.59 Å². The zero-order valence-corrected chi connectivity index (χ0v) is 9.97. The summed E-state index contributed by atoms with van der Waals surface area (Å²) >= 11 is 0. The lowest BCUT2D eigenvalue weighted by Gasteiger charge is -2.35. The molecule has 20 heavy (non-hydrogen) atoms. The number of carboxylic acid groups (broad SMARTS) is 1. The molecule has 1 aromatic rings. The number of carbonyl (C=O) groups excluding carboxylic acids is 1. The molecule has 0 aromatic heterocycles. The van der Waals surface area contributed by atoms with Gasteiger partial charge in [0.2, 0.25) is 5.91 Å². The molecule has 0 spiro atoms. The third kappa shape index (κ3) is 2.00. The van der Waals surface area contributed by atoms with Crippen molar-refractivity contribution in [2.45, 2.75) is 19.3 Å². The second-order valence-electron chi connectivity index (χ2n) is 4.54. The molecular formula is C12H9F4NO3. The van der Waals surface area contributed by atoms with E-state index in [1.807, 2.05) is 0 Å². The summed E-state index contributed by atoms with van der Waals surface area (Å²) in [6.45, 7) is 0. The van der Waals surface area contributed by atoms with Gasteiger partial charge in [0.05, 0.1) is 0 Å². The molecule has 0 saturated heterocycles. The van der Waals surface area contributed by atoms with E-state index in [0.29, 0.717) is 6.42 Å². The lowest BCUT2D eigenvalue weighted by atomic mass is 9.68. The fourth-order valence-electron chi connectivity index (χ4n) is 1.98. The summed E-state index contributed by atoms with van der Waals surface area (Å²) in [6.07, 6.45) is 0.451. The van der Waals surface area contributed by atoms with Crippen LogP contribution >= 0.6 is 0 Å². The maximum absolute atomic E-state index is 13.4. The van der Waals surface area contributed by atoms with Crippen LogP contribution in [0, 0.1) is 28.7 Å². The Kier molecular flexibility index (Phi) is 3.41. The van der Waals surface area contributed by atoms with Crippen LogP contribution in [0.5, 0.6) is 0 Å². The molecule has 1 fully saturated rings. The van der Waals surface area contributed by atoms with E-state index in [-0.39, 0.29) is 18.9 Å². The number of hydrogen-bond donors (Lipinski definition) is 2. The van der Waals surface area contributed by atoms with Crippen LogP contribution in [0.4, 0.5) is 23.2 Å². The van der Waals surface area contributed by atoms with Crippen LogP contribution < -0.4 is 5.32 Å². The molecule has 1 aliphatic carbocycles. The predicted molar refractivity (Wildman–Crippen MR) is 58.8 cm³/mol. The molecule has 2 rings (SSSR count). The van der Waals surface area contributed by atoms with Crippen molar-refractivity contribution in [3.63, 3.8) is 0 Å². The number of nitrogens with one attached hydrogen (secondary N) is 1. The molecule has 2 N–H and O–H groups in total. The first-order chi connectivity index (χ1) is 9.29. The fraction of sp³-hybridized carbons (Fsp3) is 0.333. The minimum absolute atomic E-state index is 0.00334. The van der Waals surface area contributed by atoms with E-state index in [1.165, 1.54) is 0 Å². The number of rotatable bonds is 3. The highest BCUT2D eigenvalue weighted by molar-refractivity contribution is 6.09. The van der Waals surface area contributed by atoms with Gasteiger partial charge in [-0.1, -0.05) is 6.42 Å². The molecule has 0 radical (unpaired) electrons. The summed E-state index contributed by atoms with van der Waals surface area (Å²) in [4.78, 5) is 22.9. The minimum Gasteiger partial charge on any atom is -0.480 e. The first-order valence-electron chi connectivity index (χ1n) is 5.67. The smallest absolute Gasteiger partial charge is 0.319 e. The second kappa shape index (κ2) is 4.77. The Balaban J connectivity index is 2.36. The zero-order chi connectivity index (χ0) is 15.1. The number of carboxylic acids is 1. The first kappa shape index (κ1) is 14.3. The number of amides is 1. The molecule has 1 saturated carbocycles. The molecule has 0 aliphatic heterocycles. The fourth-order valence-corrected chi connectivity index (χ4v) is 1.98. The Morgan fingerprint density at radius 3 is 1.95 bits per heavy atom. The molecular weight excluding hydrogens is 282 g/mol. The summed E-state index contributed by atoms with van der Waals surface area (Å²) < 4.78 is 52.7. The summed E-state index contributed by atoms with van der Waals surface area (Å²) in [5.74, 6) is -9.57. The van der Waals surface area contributed by atoms with Gasteiger partial charge in [0.15, 0.2) is 23.3 Å².